The highest BCUT2D eigenvalue weighted by Gasteiger charge is 2.42. The summed E-state index contributed by atoms with van der Waals surface area (Å²) in [5.74, 6) is -9.47. The van der Waals surface area contributed by atoms with Crippen LogP contribution in [0.3, 0.4) is 0 Å². The molecule has 0 heterocycles. The van der Waals surface area contributed by atoms with E-state index in [1.165, 1.54) is 12.1 Å². The average Bonchev–Trinajstić information content (AvgIpc) is 2.82. The Hall–Kier alpha value is -3.63. The molecule has 3 aromatic rings. The van der Waals surface area contributed by atoms with E-state index in [1.54, 1.807) is 30.3 Å². The minimum Gasteiger partial charge on any atom is -0.332 e. The molecule has 3 aromatic carbocycles. The topological polar surface area (TPSA) is 41.1 Å². The van der Waals surface area contributed by atoms with Crippen LogP contribution < -0.4 is 10.6 Å². The lowest BCUT2D eigenvalue weighted by Gasteiger charge is -2.37. The minimum absolute atomic E-state index is 0.147. The van der Waals surface area contributed by atoms with Gasteiger partial charge in [0.2, 0.25) is 0 Å². The van der Waals surface area contributed by atoms with E-state index in [9.17, 15) is 39.9 Å². The summed E-state index contributed by atoms with van der Waals surface area (Å²) in [6, 6.07) is 14.4. The number of carbonyl (C=O) groups is 1. The number of halogens is 8. The van der Waals surface area contributed by atoms with E-state index >= 15 is 0 Å². The quantitative estimate of drug-likeness (QED) is 0.270. The molecule has 204 valence electrons. The number of nitrogens with one attached hydrogen (secondary N) is 2. The average molecular weight is 544 g/mol. The van der Waals surface area contributed by atoms with Gasteiger partial charge >= 0.3 is 18.4 Å². The van der Waals surface area contributed by atoms with Crippen LogP contribution in [0.5, 0.6) is 0 Å². The molecule has 0 radical (unpaired) electrons. The van der Waals surface area contributed by atoms with Crippen molar-refractivity contribution in [3.8, 4) is 0 Å². The fourth-order valence-corrected chi connectivity index (χ4v) is 4.02. The van der Waals surface area contributed by atoms with Crippen LogP contribution in [0.4, 0.5) is 39.9 Å². The maximum atomic E-state index is 14.8. The van der Waals surface area contributed by atoms with Crippen LogP contribution in [-0.4, -0.2) is 30.8 Å². The molecule has 3 nitrogen and oxygen atoms in total. The fourth-order valence-electron chi connectivity index (χ4n) is 4.02. The second-order valence-electron chi connectivity index (χ2n) is 9.04. The van der Waals surface area contributed by atoms with Gasteiger partial charge in [0.15, 0.2) is 0 Å². The molecule has 0 bridgehead atoms. The molecule has 2 N–H and O–H groups in total. The van der Waals surface area contributed by atoms with Crippen molar-refractivity contribution in [3.05, 3.63) is 107 Å². The summed E-state index contributed by atoms with van der Waals surface area (Å²) in [6.07, 6.45) is -5.68. The number of urea groups is 1. The van der Waals surface area contributed by atoms with Crippen molar-refractivity contribution in [3.63, 3.8) is 0 Å². The van der Waals surface area contributed by atoms with Crippen molar-refractivity contribution >= 4 is 6.03 Å². The Kier molecular flexibility index (Phi) is 8.68. The van der Waals surface area contributed by atoms with Crippen LogP contribution in [0.2, 0.25) is 0 Å². The SMILES string of the molecule is CC(F)(F)CNC(=O)N[C@](Cc1ccccc1)(c1ccc(F)cc1)c1cc(F)cc(CC(F)(F)C(F)F)c1. The molecule has 3 rings (SSSR count). The van der Waals surface area contributed by atoms with E-state index < -0.39 is 60.0 Å². The lowest BCUT2D eigenvalue weighted by Crippen LogP contribution is -2.53. The van der Waals surface area contributed by atoms with Crippen molar-refractivity contribution in [1.82, 2.24) is 10.6 Å². The first-order valence-electron chi connectivity index (χ1n) is 11.4. The maximum Gasteiger partial charge on any atom is 0.315 e. The van der Waals surface area contributed by atoms with Gasteiger partial charge in [-0.15, -0.1) is 0 Å². The number of amides is 2. The molecule has 2 amide bonds. The molecule has 11 heteroatoms. The molecule has 0 aliphatic rings. The highest BCUT2D eigenvalue weighted by molar-refractivity contribution is 5.76. The van der Waals surface area contributed by atoms with Crippen molar-refractivity contribution in [2.75, 3.05) is 6.54 Å². The zero-order chi connectivity index (χ0) is 28.1. The lowest BCUT2D eigenvalue weighted by atomic mass is 9.77. The van der Waals surface area contributed by atoms with E-state index in [1.807, 2.05) is 5.32 Å². The zero-order valence-electron chi connectivity index (χ0n) is 20.1. The first-order chi connectivity index (χ1) is 17.7. The summed E-state index contributed by atoms with van der Waals surface area (Å²) < 4.78 is 109. The Morgan fingerprint density at radius 1 is 0.789 bits per heavy atom. The maximum absolute atomic E-state index is 14.8. The Morgan fingerprint density at radius 2 is 1.42 bits per heavy atom. The van der Waals surface area contributed by atoms with Gasteiger partial charge in [0.25, 0.3) is 5.92 Å². The molecule has 0 saturated carbocycles. The Morgan fingerprint density at radius 3 is 2.00 bits per heavy atom. The molecular formula is C27H24F8N2O. The standard InChI is InChI=1S/C27H24F8N2O/c1-25(32,33)16-36-24(38)37-26(14-17-5-3-2-4-6-17,19-7-9-21(28)10-8-19)20-11-18(12-22(29)13-20)15-27(34,35)23(30)31/h2-13,23H,14-16H2,1H3,(H2,36,37,38)/t26-/m1/s1. The molecule has 0 spiro atoms. The smallest absolute Gasteiger partial charge is 0.315 e. The summed E-state index contributed by atoms with van der Waals surface area (Å²) in [7, 11) is 0. The number of benzene rings is 3. The molecule has 1 atom stereocenters. The molecular weight excluding hydrogens is 520 g/mol. The van der Waals surface area contributed by atoms with Gasteiger partial charge < -0.3 is 10.6 Å². The van der Waals surface area contributed by atoms with Crippen molar-refractivity contribution in [2.45, 2.75) is 43.6 Å². The van der Waals surface area contributed by atoms with Crippen LogP contribution in [0.25, 0.3) is 0 Å². The normalized spacial score (nSPS) is 13.7. The van der Waals surface area contributed by atoms with E-state index in [2.05, 4.69) is 5.32 Å². The van der Waals surface area contributed by atoms with Crippen molar-refractivity contribution in [2.24, 2.45) is 0 Å². The zero-order valence-corrected chi connectivity index (χ0v) is 20.1. The molecule has 0 aromatic heterocycles. The molecule has 0 saturated heterocycles. The Balaban J connectivity index is 2.21. The summed E-state index contributed by atoms with van der Waals surface area (Å²) in [6.45, 7) is -0.481. The van der Waals surface area contributed by atoms with Gasteiger partial charge in [0.05, 0.1) is 12.1 Å². The van der Waals surface area contributed by atoms with E-state index in [4.69, 9.17) is 0 Å². The van der Waals surface area contributed by atoms with Gasteiger partial charge in [0.1, 0.15) is 11.6 Å². The van der Waals surface area contributed by atoms with Gasteiger partial charge in [-0.3, -0.25) is 0 Å². The number of alkyl halides is 6. The third-order valence-electron chi connectivity index (χ3n) is 5.74. The highest BCUT2D eigenvalue weighted by Crippen LogP contribution is 2.36. The summed E-state index contributed by atoms with van der Waals surface area (Å²) in [5, 5.41) is 4.55. The van der Waals surface area contributed by atoms with Gasteiger partial charge in [0, 0.05) is 19.8 Å². The number of hydrogen-bond acceptors (Lipinski definition) is 1. The van der Waals surface area contributed by atoms with Crippen LogP contribution in [0, 0.1) is 11.6 Å². The number of carbonyl (C=O) groups excluding carboxylic acids is 1. The highest BCUT2D eigenvalue weighted by atomic mass is 19.3. The molecule has 0 unspecified atom stereocenters. The molecule has 0 aliphatic carbocycles. The van der Waals surface area contributed by atoms with Gasteiger partial charge in [-0.05, 0) is 46.5 Å². The molecule has 0 aliphatic heterocycles. The summed E-state index contributed by atoms with van der Waals surface area (Å²) >= 11 is 0. The third-order valence-corrected chi connectivity index (χ3v) is 5.74. The Bertz CT molecular complexity index is 1230. The first-order valence-corrected chi connectivity index (χ1v) is 11.4. The van der Waals surface area contributed by atoms with Crippen LogP contribution in [-0.2, 0) is 18.4 Å². The number of hydrogen-bond donors (Lipinski definition) is 2. The first kappa shape index (κ1) is 28.9. The van der Waals surface area contributed by atoms with E-state index in [0.29, 0.717) is 18.6 Å². The van der Waals surface area contributed by atoms with E-state index in [0.717, 1.165) is 24.3 Å². The van der Waals surface area contributed by atoms with Gasteiger partial charge in [-0.1, -0.05) is 48.5 Å². The summed E-state index contributed by atoms with van der Waals surface area (Å²) in [5.41, 5.74) is -1.77. The second-order valence-corrected chi connectivity index (χ2v) is 9.04. The summed E-state index contributed by atoms with van der Waals surface area (Å²) in [4.78, 5) is 12.9. The minimum atomic E-state index is -4.47. The van der Waals surface area contributed by atoms with Gasteiger partial charge in [-0.25, -0.2) is 31.1 Å². The van der Waals surface area contributed by atoms with Crippen molar-refractivity contribution in [1.29, 1.82) is 0 Å². The second kappa shape index (κ2) is 11.4. The predicted molar refractivity (Wildman–Crippen MR) is 126 cm³/mol. The van der Waals surface area contributed by atoms with E-state index in [-0.39, 0.29) is 17.5 Å². The predicted octanol–water partition coefficient (Wildman–Crippen LogP) is 6.85. The van der Waals surface area contributed by atoms with Crippen molar-refractivity contribution < 1.29 is 39.9 Å². The largest absolute Gasteiger partial charge is 0.332 e. The van der Waals surface area contributed by atoms with Crippen LogP contribution in [0.15, 0.2) is 72.8 Å². The van der Waals surface area contributed by atoms with Crippen LogP contribution in [0.1, 0.15) is 29.2 Å². The third kappa shape index (κ3) is 7.45. The van der Waals surface area contributed by atoms with Crippen LogP contribution >= 0.6 is 0 Å². The number of rotatable bonds is 10. The van der Waals surface area contributed by atoms with Gasteiger partial charge in [-0.2, -0.15) is 8.78 Å². The monoisotopic (exact) mass is 544 g/mol. The fraction of sp³-hybridized carbons (Fsp3) is 0.296. The Labute approximate surface area is 213 Å². The molecule has 38 heavy (non-hydrogen) atoms. The lowest BCUT2D eigenvalue weighted by molar-refractivity contribution is -0.127. The molecule has 0 fully saturated rings.